The molecule has 1 N–H and O–H groups in total. The summed E-state index contributed by atoms with van der Waals surface area (Å²) in [5.74, 6) is 0.663. The number of benzene rings is 2. The molecule has 1 fully saturated rings. The van der Waals surface area contributed by atoms with E-state index in [1.807, 2.05) is 6.07 Å². The molecule has 1 aliphatic rings. The van der Waals surface area contributed by atoms with Gasteiger partial charge in [0.15, 0.2) is 0 Å². The van der Waals surface area contributed by atoms with Crippen LogP contribution in [0.4, 0.5) is 4.39 Å². The Morgan fingerprint density at radius 1 is 1.14 bits per heavy atom. The molecule has 0 saturated carbocycles. The van der Waals surface area contributed by atoms with Crippen LogP contribution in [0, 0.1) is 11.7 Å². The third-order valence-electron chi connectivity index (χ3n) is 4.73. The molecule has 2 aromatic rings. The molecule has 2 atom stereocenters. The van der Waals surface area contributed by atoms with Crippen LogP contribution in [0.15, 0.2) is 48.5 Å². The number of halogens is 1. The van der Waals surface area contributed by atoms with E-state index in [9.17, 15) is 4.39 Å². The fraction of sp³-hybridized carbons (Fsp3) is 0.400. The first-order chi connectivity index (χ1) is 10.8. The van der Waals surface area contributed by atoms with E-state index in [0.29, 0.717) is 5.92 Å². The lowest BCUT2D eigenvalue weighted by molar-refractivity contribution is 0.345. The van der Waals surface area contributed by atoms with E-state index in [-0.39, 0.29) is 11.7 Å². The molecule has 1 saturated heterocycles. The van der Waals surface area contributed by atoms with Gasteiger partial charge < -0.3 is 5.32 Å². The highest BCUT2D eigenvalue weighted by atomic mass is 19.1. The Hall–Kier alpha value is -1.67. The Kier molecular flexibility index (Phi) is 4.89. The molecule has 1 heterocycles. The van der Waals surface area contributed by atoms with Gasteiger partial charge in [-0.15, -0.1) is 0 Å². The minimum Gasteiger partial charge on any atom is -0.316 e. The first kappa shape index (κ1) is 15.2. The maximum absolute atomic E-state index is 13.7. The molecule has 22 heavy (non-hydrogen) atoms. The second-order valence-corrected chi connectivity index (χ2v) is 6.24. The molecule has 1 nitrogen and oxygen atoms in total. The fourth-order valence-electron chi connectivity index (χ4n) is 3.61. The molecule has 0 spiro atoms. The Balaban J connectivity index is 2.01. The zero-order valence-electron chi connectivity index (χ0n) is 13.2. The molecule has 2 heteroatoms. The maximum Gasteiger partial charge on any atom is 0.123 e. The molecular formula is C20H24FN. The summed E-state index contributed by atoms with van der Waals surface area (Å²) in [7, 11) is 0. The maximum atomic E-state index is 13.7. The minimum absolute atomic E-state index is 0.141. The van der Waals surface area contributed by atoms with Gasteiger partial charge >= 0.3 is 0 Å². The topological polar surface area (TPSA) is 12.0 Å². The number of aryl methyl sites for hydroxylation is 1. The number of nitrogens with one attached hydrogen (secondary N) is 1. The van der Waals surface area contributed by atoms with Crippen molar-refractivity contribution >= 4 is 0 Å². The van der Waals surface area contributed by atoms with E-state index in [0.717, 1.165) is 25.1 Å². The van der Waals surface area contributed by atoms with Crippen molar-refractivity contribution in [3.05, 3.63) is 71.0 Å². The molecule has 0 amide bonds. The van der Waals surface area contributed by atoms with Gasteiger partial charge in [-0.3, -0.25) is 0 Å². The highest BCUT2D eigenvalue weighted by Gasteiger charge is 2.26. The van der Waals surface area contributed by atoms with Crippen molar-refractivity contribution in [2.24, 2.45) is 5.92 Å². The van der Waals surface area contributed by atoms with Crippen LogP contribution in [-0.2, 0) is 6.42 Å². The largest absolute Gasteiger partial charge is 0.316 e. The molecule has 0 aliphatic carbocycles. The number of piperidine rings is 1. The van der Waals surface area contributed by atoms with Gasteiger partial charge in [0.05, 0.1) is 0 Å². The van der Waals surface area contributed by atoms with Crippen LogP contribution >= 0.6 is 0 Å². The standard InChI is InChI=1S/C20H24FN/c1-2-15-6-3-7-16(12-15)20(18-9-5-11-22-14-18)17-8-4-10-19(21)13-17/h3-4,6-8,10,12-13,18,20,22H,2,5,9,11,14H2,1H3. The Labute approximate surface area is 132 Å². The van der Waals surface area contributed by atoms with Crippen molar-refractivity contribution in [1.29, 1.82) is 0 Å². The van der Waals surface area contributed by atoms with Crippen LogP contribution in [0.1, 0.15) is 42.4 Å². The third kappa shape index (κ3) is 3.38. The zero-order chi connectivity index (χ0) is 15.4. The Morgan fingerprint density at radius 3 is 2.59 bits per heavy atom. The summed E-state index contributed by atoms with van der Waals surface area (Å²) in [5.41, 5.74) is 3.77. The van der Waals surface area contributed by atoms with Crippen molar-refractivity contribution in [3.63, 3.8) is 0 Å². The molecular weight excluding hydrogens is 273 g/mol. The summed E-state index contributed by atoms with van der Waals surface area (Å²) in [6, 6.07) is 15.9. The van der Waals surface area contributed by atoms with Crippen molar-refractivity contribution in [2.45, 2.75) is 32.1 Å². The van der Waals surface area contributed by atoms with Crippen molar-refractivity contribution in [3.8, 4) is 0 Å². The van der Waals surface area contributed by atoms with Gasteiger partial charge in [-0.2, -0.15) is 0 Å². The van der Waals surface area contributed by atoms with E-state index < -0.39 is 0 Å². The van der Waals surface area contributed by atoms with Gasteiger partial charge in [0.2, 0.25) is 0 Å². The summed E-state index contributed by atoms with van der Waals surface area (Å²) in [5, 5.41) is 3.50. The summed E-state index contributed by atoms with van der Waals surface area (Å²) in [4.78, 5) is 0. The monoisotopic (exact) mass is 297 g/mol. The molecule has 2 aromatic carbocycles. The highest BCUT2D eigenvalue weighted by Crippen LogP contribution is 2.36. The predicted octanol–water partition coefficient (Wildman–Crippen LogP) is 4.52. The molecule has 1 aliphatic heterocycles. The first-order valence-electron chi connectivity index (χ1n) is 8.33. The summed E-state index contributed by atoms with van der Waals surface area (Å²) >= 11 is 0. The van der Waals surface area contributed by atoms with Gasteiger partial charge in [-0.1, -0.05) is 43.3 Å². The quantitative estimate of drug-likeness (QED) is 0.875. The number of rotatable bonds is 4. The van der Waals surface area contributed by atoms with E-state index >= 15 is 0 Å². The van der Waals surface area contributed by atoms with Crippen molar-refractivity contribution in [1.82, 2.24) is 5.32 Å². The van der Waals surface area contributed by atoms with E-state index in [1.165, 1.54) is 30.0 Å². The van der Waals surface area contributed by atoms with Crippen molar-refractivity contribution in [2.75, 3.05) is 13.1 Å². The lowest BCUT2D eigenvalue weighted by atomic mass is 9.77. The van der Waals surface area contributed by atoms with E-state index in [2.05, 4.69) is 42.6 Å². The minimum atomic E-state index is -0.141. The Bertz CT molecular complexity index is 617. The lowest BCUT2D eigenvalue weighted by Crippen LogP contribution is -2.33. The van der Waals surface area contributed by atoms with E-state index in [1.54, 1.807) is 6.07 Å². The normalized spacial score (nSPS) is 19.8. The van der Waals surface area contributed by atoms with Crippen LogP contribution in [0.25, 0.3) is 0 Å². The van der Waals surface area contributed by atoms with Crippen LogP contribution < -0.4 is 5.32 Å². The zero-order valence-corrected chi connectivity index (χ0v) is 13.2. The van der Waals surface area contributed by atoms with Gasteiger partial charge in [-0.05, 0) is 67.1 Å². The number of hydrogen-bond acceptors (Lipinski definition) is 1. The van der Waals surface area contributed by atoms with Gasteiger partial charge in [0.25, 0.3) is 0 Å². The molecule has 3 rings (SSSR count). The SMILES string of the molecule is CCc1cccc(C(c2cccc(F)c2)C2CCCNC2)c1. The van der Waals surface area contributed by atoms with Gasteiger partial charge in [-0.25, -0.2) is 4.39 Å². The lowest BCUT2D eigenvalue weighted by Gasteiger charge is -2.32. The highest BCUT2D eigenvalue weighted by molar-refractivity contribution is 5.36. The van der Waals surface area contributed by atoms with Crippen LogP contribution in [0.5, 0.6) is 0 Å². The summed E-state index contributed by atoms with van der Waals surface area (Å²) < 4.78 is 13.7. The molecule has 2 unspecified atom stereocenters. The van der Waals surface area contributed by atoms with Crippen LogP contribution in [0.3, 0.4) is 0 Å². The molecule has 0 radical (unpaired) electrons. The first-order valence-corrected chi connectivity index (χ1v) is 8.33. The second-order valence-electron chi connectivity index (χ2n) is 6.24. The average molecular weight is 297 g/mol. The average Bonchev–Trinajstić information content (AvgIpc) is 2.56. The van der Waals surface area contributed by atoms with Crippen LogP contribution in [-0.4, -0.2) is 13.1 Å². The Morgan fingerprint density at radius 2 is 1.91 bits per heavy atom. The van der Waals surface area contributed by atoms with Crippen LogP contribution in [0.2, 0.25) is 0 Å². The smallest absolute Gasteiger partial charge is 0.123 e. The van der Waals surface area contributed by atoms with Gasteiger partial charge in [0, 0.05) is 5.92 Å². The van der Waals surface area contributed by atoms with Crippen molar-refractivity contribution < 1.29 is 4.39 Å². The predicted molar refractivity (Wildman–Crippen MR) is 89.7 cm³/mol. The summed E-state index contributed by atoms with van der Waals surface area (Å²) in [6.07, 6.45) is 3.43. The van der Waals surface area contributed by atoms with Gasteiger partial charge in [0.1, 0.15) is 5.82 Å². The fourth-order valence-corrected chi connectivity index (χ4v) is 3.61. The molecule has 0 bridgehead atoms. The second kappa shape index (κ2) is 7.06. The summed E-state index contributed by atoms with van der Waals surface area (Å²) in [6.45, 7) is 4.29. The molecule has 0 aromatic heterocycles. The van der Waals surface area contributed by atoms with E-state index in [4.69, 9.17) is 0 Å². The number of hydrogen-bond donors (Lipinski definition) is 1. The molecule has 116 valence electrons. The third-order valence-corrected chi connectivity index (χ3v) is 4.73.